The van der Waals surface area contributed by atoms with Crippen molar-refractivity contribution >= 4 is 58.1 Å². The highest BCUT2D eigenvalue weighted by Crippen LogP contribution is 2.51. The highest BCUT2D eigenvalue weighted by atomic mass is 35.5. The van der Waals surface area contributed by atoms with Crippen LogP contribution in [0.2, 0.25) is 10.0 Å². The monoisotopic (exact) mass is 632 g/mol. The van der Waals surface area contributed by atoms with Crippen LogP contribution < -0.4 is 21.3 Å². The molecule has 11 nitrogen and oxygen atoms in total. The van der Waals surface area contributed by atoms with Gasteiger partial charge in [0.1, 0.15) is 15.8 Å². The molecule has 4 aromatic rings. The largest absolute Gasteiger partial charge is 0.508 e. The minimum atomic E-state index is 0.0564. The summed E-state index contributed by atoms with van der Waals surface area (Å²) in [5, 5.41) is 10.9. The zero-order valence-corrected chi connectivity index (χ0v) is 26.3. The molecular weight excluding hydrogens is 599 g/mol. The molecule has 6 heterocycles. The van der Waals surface area contributed by atoms with Crippen LogP contribution in [0.25, 0.3) is 0 Å². The Bertz CT molecular complexity index is 1640. The van der Waals surface area contributed by atoms with Crippen molar-refractivity contribution in [1.82, 2.24) is 29.7 Å². The van der Waals surface area contributed by atoms with Gasteiger partial charge in [-0.1, -0.05) is 41.4 Å². The van der Waals surface area contributed by atoms with E-state index in [0.717, 1.165) is 45.0 Å². The van der Waals surface area contributed by atoms with Gasteiger partial charge < -0.3 is 36.2 Å². The first-order valence-corrected chi connectivity index (χ1v) is 15.2. The van der Waals surface area contributed by atoms with E-state index in [0.29, 0.717) is 21.7 Å². The fourth-order valence-electron chi connectivity index (χ4n) is 7.47. The Morgan fingerprint density at radius 1 is 0.705 bits per heavy atom. The van der Waals surface area contributed by atoms with Crippen LogP contribution >= 0.6 is 23.2 Å². The molecule has 5 N–H and O–H groups in total. The topological polar surface area (TPSA) is 137 Å². The van der Waals surface area contributed by atoms with Crippen molar-refractivity contribution in [3.05, 3.63) is 75.5 Å². The fraction of sp³-hybridized carbons (Fsp3) is 0.355. The van der Waals surface area contributed by atoms with Crippen molar-refractivity contribution in [2.45, 2.75) is 17.8 Å². The number of likely N-dealkylation sites (tertiary alicyclic amines) is 2. The molecule has 2 aromatic heterocycles. The Kier molecular flexibility index (Phi) is 6.78. The summed E-state index contributed by atoms with van der Waals surface area (Å²) in [5.74, 6) is 1.96. The first-order chi connectivity index (χ1) is 21.0. The lowest BCUT2D eigenvalue weighted by molar-refractivity contribution is 0.107. The zero-order chi connectivity index (χ0) is 31.0. The number of phenolic OH excluding ortho intramolecular Hbond substituents is 1. The Hall–Kier alpha value is -3.90. The van der Waals surface area contributed by atoms with E-state index in [-0.39, 0.29) is 28.5 Å². The fourth-order valence-corrected chi connectivity index (χ4v) is 7.85. The van der Waals surface area contributed by atoms with Crippen molar-refractivity contribution in [3.8, 4) is 5.75 Å². The molecule has 4 aliphatic heterocycles. The lowest BCUT2D eigenvalue weighted by atomic mass is 9.75. The second-order valence-electron chi connectivity index (χ2n) is 12.6. The van der Waals surface area contributed by atoms with Crippen LogP contribution in [0.3, 0.4) is 0 Å². The highest BCUT2D eigenvalue weighted by molar-refractivity contribution is 6.33. The Labute approximate surface area is 266 Å². The summed E-state index contributed by atoms with van der Waals surface area (Å²) in [6, 6.07) is 12.1. The molecule has 228 valence electrons. The van der Waals surface area contributed by atoms with Gasteiger partial charge >= 0.3 is 0 Å². The van der Waals surface area contributed by atoms with Crippen molar-refractivity contribution in [3.63, 3.8) is 0 Å². The third-order valence-electron chi connectivity index (χ3n) is 9.07. The van der Waals surface area contributed by atoms with Gasteiger partial charge in [0.15, 0.2) is 11.6 Å². The van der Waals surface area contributed by atoms with Gasteiger partial charge in [-0.25, -0.2) is 9.97 Å². The SMILES string of the molecule is CN1CC2(C1)CN(c1nc(N)ncc1Cl)c1cc(O)ccc12.Cc1ccc2c(c1)N(c1nc(N)ncc1Cl)CC21CN(C)C1. The number of nitrogens with two attached hydrogens (primary N) is 2. The second kappa shape index (κ2) is 10.3. The predicted octanol–water partition coefficient (Wildman–Crippen LogP) is 4.11. The smallest absolute Gasteiger partial charge is 0.222 e. The van der Waals surface area contributed by atoms with E-state index in [4.69, 9.17) is 34.7 Å². The Morgan fingerprint density at radius 3 is 1.64 bits per heavy atom. The molecule has 0 bridgehead atoms. The quantitative estimate of drug-likeness (QED) is 0.294. The highest BCUT2D eigenvalue weighted by Gasteiger charge is 2.52. The number of hydrogen-bond acceptors (Lipinski definition) is 11. The van der Waals surface area contributed by atoms with Crippen LogP contribution in [0.5, 0.6) is 5.75 Å². The molecule has 2 fully saturated rings. The maximum atomic E-state index is 9.87. The van der Waals surface area contributed by atoms with Crippen LogP contribution in [0.4, 0.5) is 34.9 Å². The lowest BCUT2D eigenvalue weighted by Crippen LogP contribution is -2.59. The van der Waals surface area contributed by atoms with Gasteiger partial charge in [-0.05, 0) is 49.8 Å². The number of phenols is 1. The predicted molar refractivity (Wildman–Crippen MR) is 175 cm³/mol. The molecule has 0 atom stereocenters. The third kappa shape index (κ3) is 4.66. The molecule has 4 aliphatic rings. The van der Waals surface area contributed by atoms with Crippen molar-refractivity contribution < 1.29 is 5.11 Å². The molecule has 2 saturated heterocycles. The second-order valence-corrected chi connectivity index (χ2v) is 13.4. The number of hydrogen-bond donors (Lipinski definition) is 3. The molecule has 13 heteroatoms. The van der Waals surface area contributed by atoms with E-state index in [1.807, 2.05) is 11.0 Å². The van der Waals surface area contributed by atoms with E-state index < -0.39 is 0 Å². The van der Waals surface area contributed by atoms with Crippen LogP contribution in [-0.2, 0) is 10.8 Å². The van der Waals surface area contributed by atoms with Gasteiger partial charge in [0.05, 0.1) is 18.1 Å². The minimum absolute atomic E-state index is 0.0564. The number of aromatic nitrogens is 4. The molecular formula is C31H34Cl2N10O. The number of anilines is 6. The lowest BCUT2D eigenvalue weighted by Gasteiger charge is -2.46. The summed E-state index contributed by atoms with van der Waals surface area (Å²) in [6.07, 6.45) is 3.09. The van der Waals surface area contributed by atoms with Crippen molar-refractivity contribution in [2.75, 3.05) is 74.6 Å². The number of halogens is 2. The molecule has 0 aliphatic carbocycles. The molecule has 0 unspecified atom stereocenters. The number of likely N-dealkylation sites (N-methyl/N-ethyl adjacent to an activating group) is 2. The van der Waals surface area contributed by atoms with Gasteiger partial charge in [-0.2, -0.15) is 9.97 Å². The van der Waals surface area contributed by atoms with E-state index in [1.54, 1.807) is 18.3 Å². The third-order valence-corrected chi connectivity index (χ3v) is 9.60. The van der Waals surface area contributed by atoms with E-state index >= 15 is 0 Å². The van der Waals surface area contributed by atoms with Crippen molar-refractivity contribution in [2.24, 2.45) is 0 Å². The van der Waals surface area contributed by atoms with Gasteiger partial charge in [0.2, 0.25) is 11.9 Å². The van der Waals surface area contributed by atoms with Gasteiger partial charge in [-0.15, -0.1) is 0 Å². The number of aromatic hydroxyl groups is 1. The van der Waals surface area contributed by atoms with E-state index in [9.17, 15) is 5.11 Å². The zero-order valence-electron chi connectivity index (χ0n) is 24.8. The average Bonchev–Trinajstić information content (AvgIpc) is 3.45. The van der Waals surface area contributed by atoms with Gasteiger partial charge in [-0.3, -0.25) is 0 Å². The molecule has 2 aromatic carbocycles. The first kappa shape index (κ1) is 28.8. The maximum Gasteiger partial charge on any atom is 0.222 e. The average molecular weight is 634 g/mol. The van der Waals surface area contributed by atoms with E-state index in [2.05, 4.69) is 73.9 Å². The summed E-state index contributed by atoms with van der Waals surface area (Å²) >= 11 is 12.6. The summed E-state index contributed by atoms with van der Waals surface area (Å²) < 4.78 is 0. The standard InChI is InChI=1S/C16H18ClN5.C15H16ClN5O/c1-10-3-4-11-13(5-10)22(9-16(11)7-21(2)8-16)14-12(17)6-19-15(18)20-14;1-20-6-15(7-20)8-21(12-4-9(22)2-3-10(12)15)13-11(16)5-18-14(17)19-13/h3-6H,7-9H2,1-2H3,(H2,18,19,20);2-5,22H,6-8H2,1H3,(H2,17,18,19). The maximum absolute atomic E-state index is 9.87. The summed E-state index contributed by atoms with van der Waals surface area (Å²) in [4.78, 5) is 25.4. The number of rotatable bonds is 2. The normalized spacial score (nSPS) is 19.3. The van der Waals surface area contributed by atoms with E-state index in [1.165, 1.54) is 28.6 Å². The molecule has 0 amide bonds. The van der Waals surface area contributed by atoms with Gasteiger partial charge in [0.25, 0.3) is 0 Å². The minimum Gasteiger partial charge on any atom is -0.508 e. The number of fused-ring (bicyclic) bond motifs is 4. The molecule has 2 spiro atoms. The van der Waals surface area contributed by atoms with Crippen molar-refractivity contribution in [1.29, 1.82) is 0 Å². The number of aryl methyl sites for hydroxylation is 1. The number of nitrogen functional groups attached to an aromatic ring is 2. The Morgan fingerprint density at radius 2 is 1.16 bits per heavy atom. The Balaban J connectivity index is 0.000000142. The van der Waals surface area contributed by atoms with Crippen LogP contribution in [-0.4, -0.2) is 88.2 Å². The van der Waals surface area contributed by atoms with Crippen LogP contribution in [0, 0.1) is 6.92 Å². The molecule has 0 saturated carbocycles. The number of benzene rings is 2. The molecule has 44 heavy (non-hydrogen) atoms. The summed E-state index contributed by atoms with van der Waals surface area (Å²) in [7, 11) is 4.25. The van der Waals surface area contributed by atoms with Crippen LogP contribution in [0.1, 0.15) is 16.7 Å². The van der Waals surface area contributed by atoms with Crippen LogP contribution in [0.15, 0.2) is 48.8 Å². The first-order valence-electron chi connectivity index (χ1n) is 14.4. The molecule has 8 rings (SSSR count). The summed E-state index contributed by atoms with van der Waals surface area (Å²) in [6.45, 7) is 7.80. The number of nitrogens with zero attached hydrogens (tertiary/aromatic N) is 8. The summed E-state index contributed by atoms with van der Waals surface area (Å²) in [5.41, 5.74) is 17.7. The van der Waals surface area contributed by atoms with Gasteiger partial charge in [0, 0.05) is 61.9 Å². The molecule has 0 radical (unpaired) electrons.